The predicted molar refractivity (Wildman–Crippen MR) is 106 cm³/mol. The molecule has 0 radical (unpaired) electrons. The summed E-state index contributed by atoms with van der Waals surface area (Å²) in [7, 11) is 0. The van der Waals surface area contributed by atoms with Crippen LogP contribution in [0.1, 0.15) is 18.4 Å². The Labute approximate surface area is 162 Å². The number of carbonyl (C=O) groups excluding carboxylic acids is 1. The number of anilines is 1. The molecule has 6 heteroatoms. The lowest BCUT2D eigenvalue weighted by Gasteiger charge is -2.31. The monoisotopic (exact) mass is 392 g/mol. The lowest BCUT2D eigenvalue weighted by Crippen LogP contribution is -2.38. The van der Waals surface area contributed by atoms with E-state index in [9.17, 15) is 9.18 Å². The van der Waals surface area contributed by atoms with E-state index in [-0.39, 0.29) is 17.6 Å². The lowest BCUT2D eigenvalue weighted by molar-refractivity contribution is -0.121. The van der Waals surface area contributed by atoms with E-state index in [1.54, 1.807) is 23.9 Å². The van der Waals surface area contributed by atoms with Crippen LogP contribution >= 0.6 is 23.4 Å². The first-order valence-electron chi connectivity index (χ1n) is 8.67. The van der Waals surface area contributed by atoms with Gasteiger partial charge in [0.05, 0.1) is 5.69 Å². The number of piperidine rings is 1. The second-order valence-electron chi connectivity index (χ2n) is 6.44. The quantitative estimate of drug-likeness (QED) is 0.722. The van der Waals surface area contributed by atoms with Crippen molar-refractivity contribution in [3.05, 3.63) is 58.9 Å². The van der Waals surface area contributed by atoms with Crippen molar-refractivity contribution in [2.75, 3.05) is 24.7 Å². The number of nitrogens with zero attached hydrogens (tertiary/aromatic N) is 1. The molecule has 0 bridgehead atoms. The number of carbonyl (C=O) groups is 1. The van der Waals surface area contributed by atoms with E-state index < -0.39 is 0 Å². The Morgan fingerprint density at radius 3 is 2.65 bits per heavy atom. The van der Waals surface area contributed by atoms with Crippen molar-refractivity contribution in [1.29, 1.82) is 0 Å². The van der Waals surface area contributed by atoms with Crippen molar-refractivity contribution < 1.29 is 9.18 Å². The molecular formula is C20H22ClFN2OS. The maximum absolute atomic E-state index is 13.9. The predicted octanol–water partition coefficient (Wildman–Crippen LogP) is 5.05. The molecule has 26 heavy (non-hydrogen) atoms. The highest BCUT2D eigenvalue weighted by Crippen LogP contribution is 2.28. The Kier molecular flexibility index (Phi) is 6.57. The first kappa shape index (κ1) is 19.2. The summed E-state index contributed by atoms with van der Waals surface area (Å²) < 4.78 is 13.9. The van der Waals surface area contributed by atoms with Crippen molar-refractivity contribution in [3.8, 4) is 0 Å². The van der Waals surface area contributed by atoms with Crippen molar-refractivity contribution in [2.45, 2.75) is 24.3 Å². The number of amides is 1. The van der Waals surface area contributed by atoms with E-state index in [4.69, 9.17) is 11.6 Å². The fraction of sp³-hybridized carbons (Fsp3) is 0.350. The third-order valence-corrected chi connectivity index (χ3v) is 5.92. The van der Waals surface area contributed by atoms with Gasteiger partial charge in [-0.2, -0.15) is 0 Å². The highest BCUT2D eigenvalue weighted by Gasteiger charge is 2.26. The lowest BCUT2D eigenvalue weighted by atomic mass is 9.95. The minimum absolute atomic E-state index is 0.0164. The van der Waals surface area contributed by atoms with Gasteiger partial charge in [0.25, 0.3) is 0 Å². The molecule has 138 valence electrons. The minimum atomic E-state index is -0.272. The molecule has 0 aromatic heterocycles. The van der Waals surface area contributed by atoms with Gasteiger partial charge in [-0.15, -0.1) is 11.8 Å². The Balaban J connectivity index is 1.56. The topological polar surface area (TPSA) is 32.3 Å². The maximum Gasteiger partial charge on any atom is 0.227 e. The van der Waals surface area contributed by atoms with Gasteiger partial charge in [0.15, 0.2) is 0 Å². The SMILES string of the molecule is CSc1ccccc1NC(=O)C1CCN(Cc2c(F)cccc2Cl)CC1. The summed E-state index contributed by atoms with van der Waals surface area (Å²) in [5.74, 6) is -0.224. The van der Waals surface area contributed by atoms with E-state index in [1.165, 1.54) is 6.07 Å². The molecule has 1 amide bonds. The molecule has 1 heterocycles. The van der Waals surface area contributed by atoms with Crippen molar-refractivity contribution in [2.24, 2.45) is 5.92 Å². The normalized spacial score (nSPS) is 15.8. The Hall–Kier alpha value is -1.56. The minimum Gasteiger partial charge on any atom is -0.325 e. The van der Waals surface area contributed by atoms with Crippen LogP contribution in [0.4, 0.5) is 10.1 Å². The third-order valence-electron chi connectivity index (χ3n) is 4.77. The molecule has 0 spiro atoms. The molecule has 1 fully saturated rings. The number of rotatable bonds is 5. The van der Waals surface area contributed by atoms with Crippen LogP contribution in [0.2, 0.25) is 5.02 Å². The Morgan fingerprint density at radius 1 is 1.23 bits per heavy atom. The summed E-state index contributed by atoms with van der Waals surface area (Å²) >= 11 is 7.73. The van der Waals surface area contributed by atoms with Crippen molar-refractivity contribution >= 4 is 35.0 Å². The van der Waals surface area contributed by atoms with Crippen LogP contribution in [0.15, 0.2) is 47.4 Å². The van der Waals surface area contributed by atoms with Gasteiger partial charge < -0.3 is 5.32 Å². The number of halogens is 2. The number of benzene rings is 2. The molecule has 1 saturated heterocycles. The van der Waals surface area contributed by atoms with E-state index in [0.29, 0.717) is 17.1 Å². The summed E-state index contributed by atoms with van der Waals surface area (Å²) in [6, 6.07) is 12.6. The van der Waals surface area contributed by atoms with Crippen LogP contribution in [0.3, 0.4) is 0 Å². The van der Waals surface area contributed by atoms with Crippen LogP contribution in [-0.4, -0.2) is 30.2 Å². The maximum atomic E-state index is 13.9. The van der Waals surface area contributed by atoms with E-state index in [1.807, 2.05) is 30.5 Å². The van der Waals surface area contributed by atoms with Gasteiger partial charge in [-0.05, 0) is 56.5 Å². The van der Waals surface area contributed by atoms with Gasteiger partial charge in [0.1, 0.15) is 5.82 Å². The largest absolute Gasteiger partial charge is 0.325 e. The number of hydrogen-bond donors (Lipinski definition) is 1. The molecule has 0 aliphatic carbocycles. The van der Waals surface area contributed by atoms with Crippen LogP contribution in [-0.2, 0) is 11.3 Å². The average molecular weight is 393 g/mol. The summed E-state index contributed by atoms with van der Waals surface area (Å²) in [5, 5.41) is 3.51. The number of hydrogen-bond acceptors (Lipinski definition) is 3. The van der Waals surface area contributed by atoms with Crippen LogP contribution < -0.4 is 5.32 Å². The van der Waals surface area contributed by atoms with Gasteiger partial charge in [-0.1, -0.05) is 29.8 Å². The summed E-state index contributed by atoms with van der Waals surface area (Å²) in [4.78, 5) is 15.8. The summed E-state index contributed by atoms with van der Waals surface area (Å²) in [5.41, 5.74) is 1.40. The summed E-state index contributed by atoms with van der Waals surface area (Å²) in [6.45, 7) is 2.00. The van der Waals surface area contributed by atoms with Crippen molar-refractivity contribution in [1.82, 2.24) is 4.90 Å². The fourth-order valence-electron chi connectivity index (χ4n) is 3.24. The zero-order valence-corrected chi connectivity index (χ0v) is 16.2. The molecule has 1 aliphatic rings. The first-order valence-corrected chi connectivity index (χ1v) is 10.3. The Bertz CT molecular complexity index is 758. The zero-order chi connectivity index (χ0) is 18.5. The molecular weight excluding hydrogens is 371 g/mol. The molecule has 2 aromatic carbocycles. The van der Waals surface area contributed by atoms with E-state index in [2.05, 4.69) is 10.2 Å². The number of thioether (sulfide) groups is 1. The highest BCUT2D eigenvalue weighted by molar-refractivity contribution is 7.98. The van der Waals surface area contributed by atoms with Crippen LogP contribution in [0.5, 0.6) is 0 Å². The molecule has 0 atom stereocenters. The van der Waals surface area contributed by atoms with Gasteiger partial charge in [-0.3, -0.25) is 9.69 Å². The third kappa shape index (κ3) is 4.58. The molecule has 2 aromatic rings. The molecule has 3 nitrogen and oxygen atoms in total. The second kappa shape index (κ2) is 8.89. The second-order valence-corrected chi connectivity index (χ2v) is 7.70. The standard InChI is InChI=1S/C20H22ClFN2OS/c1-26-19-8-3-2-7-18(19)23-20(25)14-9-11-24(12-10-14)13-15-16(21)5-4-6-17(15)22/h2-8,14H,9-13H2,1H3,(H,23,25). The number of nitrogens with one attached hydrogen (secondary N) is 1. The molecule has 1 N–H and O–H groups in total. The molecule has 0 unspecified atom stereocenters. The van der Waals surface area contributed by atoms with E-state index in [0.717, 1.165) is 36.5 Å². The number of likely N-dealkylation sites (tertiary alicyclic amines) is 1. The molecule has 0 saturated carbocycles. The first-order chi connectivity index (χ1) is 12.6. The highest BCUT2D eigenvalue weighted by atomic mass is 35.5. The molecule has 3 rings (SSSR count). The van der Waals surface area contributed by atoms with Crippen LogP contribution in [0.25, 0.3) is 0 Å². The number of para-hydroxylation sites is 1. The van der Waals surface area contributed by atoms with Crippen LogP contribution in [0, 0.1) is 11.7 Å². The van der Waals surface area contributed by atoms with Gasteiger partial charge in [0, 0.05) is 27.9 Å². The smallest absolute Gasteiger partial charge is 0.227 e. The zero-order valence-electron chi connectivity index (χ0n) is 14.7. The Morgan fingerprint density at radius 2 is 1.96 bits per heavy atom. The van der Waals surface area contributed by atoms with Gasteiger partial charge in [0.2, 0.25) is 5.91 Å². The van der Waals surface area contributed by atoms with E-state index >= 15 is 0 Å². The summed E-state index contributed by atoms with van der Waals surface area (Å²) in [6.07, 6.45) is 3.52. The van der Waals surface area contributed by atoms with Gasteiger partial charge >= 0.3 is 0 Å². The van der Waals surface area contributed by atoms with Gasteiger partial charge in [-0.25, -0.2) is 4.39 Å². The average Bonchev–Trinajstić information content (AvgIpc) is 2.66. The van der Waals surface area contributed by atoms with Crippen molar-refractivity contribution in [3.63, 3.8) is 0 Å². The fourth-order valence-corrected chi connectivity index (χ4v) is 4.02. The molecule has 1 aliphatic heterocycles.